The number of nitrogens with one attached hydrogen (secondary N) is 1. The van der Waals surface area contributed by atoms with E-state index in [-0.39, 0.29) is 12.5 Å². The van der Waals surface area contributed by atoms with Crippen LogP contribution in [0.25, 0.3) is 0 Å². The first-order valence-corrected chi connectivity index (χ1v) is 30.4. The molecule has 0 aromatic heterocycles. The number of allylic oxidation sites excluding steroid dienone is 16. The van der Waals surface area contributed by atoms with Gasteiger partial charge in [-0.05, 0) is 77.0 Å². The zero-order valence-electron chi connectivity index (χ0n) is 47.3. The molecule has 0 aromatic carbocycles. The van der Waals surface area contributed by atoms with Crippen molar-refractivity contribution in [2.75, 3.05) is 13.2 Å². The van der Waals surface area contributed by atoms with Crippen molar-refractivity contribution < 1.29 is 39.8 Å². The second-order valence-corrected chi connectivity index (χ2v) is 20.8. The molecule has 0 spiro atoms. The fraction of sp³-hybridized carbons (Fsp3) is 0.738. The molecule has 7 unspecified atom stereocenters. The lowest BCUT2D eigenvalue weighted by molar-refractivity contribution is -0.302. The summed E-state index contributed by atoms with van der Waals surface area (Å²) in [5.74, 6) is -0.148. The quantitative estimate of drug-likeness (QED) is 0.0261. The molecule has 0 bridgehead atoms. The first kappa shape index (κ1) is 69.1. The summed E-state index contributed by atoms with van der Waals surface area (Å²) in [5.41, 5.74) is 0. The number of carbonyl (C=O) groups is 1. The molecule has 0 aromatic rings. The third-order valence-electron chi connectivity index (χ3n) is 14.0. The van der Waals surface area contributed by atoms with Gasteiger partial charge in [0, 0.05) is 6.42 Å². The molecule has 426 valence electrons. The van der Waals surface area contributed by atoms with E-state index in [1.165, 1.54) is 135 Å². The number of hydrogen-bond acceptors (Lipinski definition) is 8. The van der Waals surface area contributed by atoms with Crippen LogP contribution in [0.5, 0.6) is 0 Å². The van der Waals surface area contributed by atoms with Crippen molar-refractivity contribution in [1.29, 1.82) is 0 Å². The Kier molecular flexibility index (Phi) is 50.0. The summed E-state index contributed by atoms with van der Waals surface area (Å²) >= 11 is 0. The van der Waals surface area contributed by atoms with E-state index in [4.69, 9.17) is 9.47 Å². The summed E-state index contributed by atoms with van der Waals surface area (Å²) in [4.78, 5) is 13.1. The number of rotatable bonds is 51. The average Bonchev–Trinajstić information content (AvgIpc) is 3.40. The lowest BCUT2D eigenvalue weighted by atomic mass is 9.99. The van der Waals surface area contributed by atoms with Gasteiger partial charge in [0.1, 0.15) is 24.4 Å². The van der Waals surface area contributed by atoms with E-state index in [0.29, 0.717) is 12.8 Å². The van der Waals surface area contributed by atoms with Crippen molar-refractivity contribution >= 4 is 5.91 Å². The van der Waals surface area contributed by atoms with Gasteiger partial charge >= 0.3 is 0 Å². The molecule has 1 heterocycles. The first-order chi connectivity index (χ1) is 36.3. The van der Waals surface area contributed by atoms with Crippen molar-refractivity contribution in [1.82, 2.24) is 5.32 Å². The number of amides is 1. The maximum absolute atomic E-state index is 13.1. The number of ether oxygens (including phenoxy) is 2. The Labute approximate surface area is 453 Å². The van der Waals surface area contributed by atoms with Crippen LogP contribution in [0.4, 0.5) is 0 Å². The van der Waals surface area contributed by atoms with Gasteiger partial charge in [0.25, 0.3) is 0 Å². The van der Waals surface area contributed by atoms with Gasteiger partial charge in [0.2, 0.25) is 5.91 Å². The fourth-order valence-electron chi connectivity index (χ4n) is 9.18. The molecule has 0 radical (unpaired) electrons. The van der Waals surface area contributed by atoms with Gasteiger partial charge < -0.3 is 40.3 Å². The molecule has 1 rings (SSSR count). The lowest BCUT2D eigenvalue weighted by Crippen LogP contribution is -2.60. The van der Waals surface area contributed by atoms with Crippen molar-refractivity contribution in [3.8, 4) is 0 Å². The third kappa shape index (κ3) is 42.2. The molecule has 6 N–H and O–H groups in total. The Morgan fingerprint density at radius 1 is 0.473 bits per heavy atom. The highest BCUT2D eigenvalue weighted by atomic mass is 16.7. The zero-order valence-corrected chi connectivity index (χ0v) is 47.3. The van der Waals surface area contributed by atoms with E-state index in [0.717, 1.165) is 89.9 Å². The molecule has 1 aliphatic heterocycles. The molecule has 9 nitrogen and oxygen atoms in total. The van der Waals surface area contributed by atoms with Gasteiger partial charge in [-0.1, -0.05) is 265 Å². The van der Waals surface area contributed by atoms with Crippen molar-refractivity contribution in [2.45, 2.75) is 294 Å². The molecule has 1 saturated heterocycles. The highest BCUT2D eigenvalue weighted by Gasteiger charge is 2.44. The summed E-state index contributed by atoms with van der Waals surface area (Å²) in [7, 11) is 0. The Bertz CT molecular complexity index is 1480. The number of unbranched alkanes of at least 4 members (excludes halogenated alkanes) is 25. The number of hydrogen-bond donors (Lipinski definition) is 6. The van der Waals surface area contributed by atoms with Gasteiger partial charge in [-0.15, -0.1) is 0 Å². The van der Waals surface area contributed by atoms with E-state index in [2.05, 4.69) is 116 Å². The van der Waals surface area contributed by atoms with Crippen LogP contribution < -0.4 is 5.32 Å². The molecule has 9 heteroatoms. The van der Waals surface area contributed by atoms with Crippen LogP contribution >= 0.6 is 0 Å². The predicted molar refractivity (Wildman–Crippen MR) is 313 cm³/mol. The van der Waals surface area contributed by atoms with Crippen molar-refractivity contribution in [2.24, 2.45) is 0 Å². The number of carbonyl (C=O) groups excluding carboxylic acids is 1. The van der Waals surface area contributed by atoms with Gasteiger partial charge in [0.15, 0.2) is 6.29 Å². The Morgan fingerprint density at radius 2 is 0.838 bits per heavy atom. The standard InChI is InChI=1S/C65H113NO8/c1-3-5-7-9-11-13-15-17-18-19-20-21-22-23-24-25-26-27-28-29-30-31-32-33-34-35-36-37-38-39-40-41-42-43-45-47-49-51-53-55-61(69)66-58(57-73-65-64(72)63(71)62(70)60(56-67)74-65)59(68)54-52-50-48-46-44-16-14-12-10-8-6-4-2/h5,7,11,13,17-18,20-21,23-24,26-27,29-30,32-33,58-60,62-65,67-68,70-72H,3-4,6,8-10,12,14-16,19,22,25,28,31,34-57H2,1-2H3,(H,66,69)/b7-5-,13-11-,18-17-,21-20-,24-23-,27-26-,30-29-,33-32-. The minimum absolute atomic E-state index is 0.140. The van der Waals surface area contributed by atoms with Crippen LogP contribution in [0.1, 0.15) is 251 Å². The van der Waals surface area contributed by atoms with Gasteiger partial charge in [0.05, 0.1) is 25.4 Å². The second-order valence-electron chi connectivity index (χ2n) is 20.8. The van der Waals surface area contributed by atoms with Crippen molar-refractivity contribution in [3.63, 3.8) is 0 Å². The summed E-state index contributed by atoms with van der Waals surface area (Å²) in [6.07, 6.45) is 70.2. The number of aliphatic hydroxyl groups excluding tert-OH is 5. The minimum Gasteiger partial charge on any atom is -0.394 e. The van der Waals surface area contributed by atoms with E-state index in [1.807, 2.05) is 0 Å². The maximum atomic E-state index is 13.1. The fourth-order valence-corrected chi connectivity index (χ4v) is 9.18. The second kappa shape index (κ2) is 53.5. The zero-order chi connectivity index (χ0) is 53.6. The Morgan fingerprint density at radius 3 is 1.24 bits per heavy atom. The predicted octanol–water partition coefficient (Wildman–Crippen LogP) is 15.6. The van der Waals surface area contributed by atoms with E-state index >= 15 is 0 Å². The van der Waals surface area contributed by atoms with Crippen LogP contribution in [0.3, 0.4) is 0 Å². The van der Waals surface area contributed by atoms with Crippen molar-refractivity contribution in [3.05, 3.63) is 97.2 Å². The Balaban J connectivity index is 2.08. The maximum Gasteiger partial charge on any atom is 0.220 e. The molecular weight excluding hydrogens is 923 g/mol. The van der Waals surface area contributed by atoms with E-state index < -0.39 is 49.5 Å². The van der Waals surface area contributed by atoms with E-state index in [9.17, 15) is 30.3 Å². The summed E-state index contributed by atoms with van der Waals surface area (Å²) in [6, 6.07) is -0.722. The molecule has 1 aliphatic rings. The van der Waals surface area contributed by atoms with Gasteiger partial charge in [-0.2, -0.15) is 0 Å². The van der Waals surface area contributed by atoms with Crippen LogP contribution in [0.15, 0.2) is 97.2 Å². The Hall–Kier alpha value is -2.89. The molecule has 1 amide bonds. The third-order valence-corrected chi connectivity index (χ3v) is 14.0. The van der Waals surface area contributed by atoms with Crippen LogP contribution in [0, 0.1) is 0 Å². The number of aliphatic hydroxyl groups is 5. The first-order valence-electron chi connectivity index (χ1n) is 30.4. The van der Waals surface area contributed by atoms with Gasteiger partial charge in [-0.3, -0.25) is 4.79 Å². The molecule has 1 fully saturated rings. The molecule has 0 aliphatic carbocycles. The normalized spacial score (nSPS) is 19.7. The summed E-state index contributed by atoms with van der Waals surface area (Å²) < 4.78 is 11.3. The highest BCUT2D eigenvalue weighted by Crippen LogP contribution is 2.23. The van der Waals surface area contributed by atoms with Crippen LogP contribution in [-0.2, 0) is 14.3 Å². The minimum atomic E-state index is -1.56. The lowest BCUT2D eigenvalue weighted by Gasteiger charge is -2.40. The average molecular weight is 1040 g/mol. The van der Waals surface area contributed by atoms with Gasteiger partial charge in [-0.25, -0.2) is 0 Å². The summed E-state index contributed by atoms with van der Waals surface area (Å²) in [6.45, 7) is 3.72. The molecular formula is C65H113NO8. The van der Waals surface area contributed by atoms with E-state index in [1.54, 1.807) is 0 Å². The molecule has 7 atom stereocenters. The van der Waals surface area contributed by atoms with Crippen LogP contribution in [-0.4, -0.2) is 87.5 Å². The highest BCUT2D eigenvalue weighted by molar-refractivity contribution is 5.76. The smallest absolute Gasteiger partial charge is 0.220 e. The summed E-state index contributed by atoms with van der Waals surface area (Å²) in [5, 5.41) is 54.6. The molecule has 74 heavy (non-hydrogen) atoms. The topological polar surface area (TPSA) is 149 Å². The SMILES string of the molecule is CC/C=C\C/C=C\C/C=C\C/C=C\C/C=C\C/C=C\C/C=C\C/C=C\CCCCCCCCCCCCCCCCC(=O)NC(COC1OC(CO)C(O)C(O)C1O)C(O)CCCCCCCCCCCCCC. The molecule has 0 saturated carbocycles. The monoisotopic (exact) mass is 1040 g/mol. The largest absolute Gasteiger partial charge is 0.394 e. The van der Waals surface area contributed by atoms with Crippen LogP contribution in [0.2, 0.25) is 0 Å².